The van der Waals surface area contributed by atoms with Crippen molar-refractivity contribution in [1.29, 1.82) is 0 Å². The van der Waals surface area contributed by atoms with Crippen LogP contribution in [0.4, 0.5) is 4.79 Å². The van der Waals surface area contributed by atoms with Gasteiger partial charge in [-0.15, -0.1) is 0 Å². The van der Waals surface area contributed by atoms with Crippen LogP contribution in [0.3, 0.4) is 0 Å². The van der Waals surface area contributed by atoms with Gasteiger partial charge >= 0.3 is 12.0 Å². The first-order valence-electron chi connectivity index (χ1n) is 8.56. The highest BCUT2D eigenvalue weighted by atomic mass is 16.5. The molecule has 0 bridgehead atoms. The monoisotopic (exact) mass is 349 g/mol. The van der Waals surface area contributed by atoms with Crippen molar-refractivity contribution >= 4 is 17.9 Å². The SMILES string of the molecule is Cc1noc(C)c1COC(=O)CN1C(=O)N[C@]2(CCCC[C@@H]2C)C1=O. The van der Waals surface area contributed by atoms with Crippen molar-refractivity contribution < 1.29 is 23.6 Å². The average molecular weight is 349 g/mol. The lowest BCUT2D eigenvalue weighted by Gasteiger charge is -2.36. The fourth-order valence-corrected chi connectivity index (χ4v) is 3.67. The third kappa shape index (κ3) is 3.01. The van der Waals surface area contributed by atoms with E-state index < -0.39 is 17.5 Å². The zero-order chi connectivity index (χ0) is 18.2. The van der Waals surface area contributed by atoms with Crippen LogP contribution in [0.1, 0.15) is 49.6 Å². The van der Waals surface area contributed by atoms with Gasteiger partial charge in [0.05, 0.1) is 11.3 Å². The van der Waals surface area contributed by atoms with E-state index in [-0.39, 0.29) is 25.0 Å². The number of ether oxygens (including phenoxy) is 1. The minimum absolute atomic E-state index is 0.00515. The molecule has 2 heterocycles. The molecule has 0 radical (unpaired) electrons. The number of urea groups is 1. The number of esters is 1. The molecule has 3 rings (SSSR count). The Labute approximate surface area is 145 Å². The van der Waals surface area contributed by atoms with Crippen molar-refractivity contribution in [1.82, 2.24) is 15.4 Å². The summed E-state index contributed by atoms with van der Waals surface area (Å²) >= 11 is 0. The summed E-state index contributed by atoms with van der Waals surface area (Å²) in [4.78, 5) is 38.1. The quantitative estimate of drug-likeness (QED) is 0.657. The smallest absolute Gasteiger partial charge is 0.326 e. The number of carbonyl (C=O) groups excluding carboxylic acids is 3. The van der Waals surface area contributed by atoms with Crippen molar-refractivity contribution in [3.63, 3.8) is 0 Å². The number of aromatic nitrogens is 1. The molecule has 1 spiro atoms. The summed E-state index contributed by atoms with van der Waals surface area (Å²) in [5.41, 5.74) is 0.482. The topological polar surface area (TPSA) is 102 Å². The van der Waals surface area contributed by atoms with Crippen molar-refractivity contribution in [2.24, 2.45) is 5.92 Å². The number of hydrogen-bond acceptors (Lipinski definition) is 6. The number of nitrogens with one attached hydrogen (secondary N) is 1. The highest BCUT2D eigenvalue weighted by molar-refractivity contribution is 6.08. The summed E-state index contributed by atoms with van der Waals surface area (Å²) in [5, 5.41) is 6.61. The highest BCUT2D eigenvalue weighted by Crippen LogP contribution is 2.38. The first-order valence-corrected chi connectivity index (χ1v) is 8.56. The Morgan fingerprint density at radius 3 is 2.80 bits per heavy atom. The molecule has 3 amide bonds. The first kappa shape index (κ1) is 17.4. The second-order valence-corrected chi connectivity index (χ2v) is 6.90. The van der Waals surface area contributed by atoms with E-state index in [0.29, 0.717) is 23.4 Å². The number of amides is 3. The second kappa shape index (κ2) is 6.50. The van der Waals surface area contributed by atoms with Crippen LogP contribution in [-0.4, -0.2) is 40.0 Å². The largest absolute Gasteiger partial charge is 0.459 e. The number of nitrogens with zero attached hydrogens (tertiary/aromatic N) is 2. The van der Waals surface area contributed by atoms with E-state index in [0.717, 1.165) is 24.2 Å². The fourth-order valence-electron chi connectivity index (χ4n) is 3.67. The molecular weight excluding hydrogens is 326 g/mol. The summed E-state index contributed by atoms with van der Waals surface area (Å²) in [6.45, 7) is 5.07. The Morgan fingerprint density at radius 2 is 2.16 bits per heavy atom. The number of rotatable bonds is 4. The van der Waals surface area contributed by atoms with Crippen LogP contribution in [0.2, 0.25) is 0 Å². The Kier molecular flexibility index (Phi) is 4.53. The molecule has 25 heavy (non-hydrogen) atoms. The molecule has 2 aliphatic rings. The third-order valence-electron chi connectivity index (χ3n) is 5.35. The molecule has 1 aliphatic carbocycles. The molecule has 2 atom stereocenters. The molecule has 8 heteroatoms. The van der Waals surface area contributed by atoms with Gasteiger partial charge in [0.25, 0.3) is 5.91 Å². The maximum atomic E-state index is 12.8. The van der Waals surface area contributed by atoms with E-state index in [2.05, 4.69) is 10.5 Å². The van der Waals surface area contributed by atoms with Crippen LogP contribution < -0.4 is 5.32 Å². The van der Waals surface area contributed by atoms with Gasteiger partial charge in [-0.1, -0.05) is 24.9 Å². The molecule has 1 aromatic rings. The summed E-state index contributed by atoms with van der Waals surface area (Å²) in [6.07, 6.45) is 3.44. The Bertz CT molecular complexity index is 694. The maximum Gasteiger partial charge on any atom is 0.326 e. The van der Waals surface area contributed by atoms with Crippen molar-refractivity contribution in [3.8, 4) is 0 Å². The van der Waals surface area contributed by atoms with E-state index in [1.807, 2.05) is 6.92 Å². The zero-order valence-corrected chi connectivity index (χ0v) is 14.8. The highest BCUT2D eigenvalue weighted by Gasteiger charge is 2.55. The number of imide groups is 1. The minimum Gasteiger partial charge on any atom is -0.459 e. The molecule has 2 fully saturated rings. The lowest BCUT2D eigenvalue weighted by Crippen LogP contribution is -2.54. The van der Waals surface area contributed by atoms with Crippen LogP contribution in [0, 0.1) is 19.8 Å². The van der Waals surface area contributed by atoms with Crippen molar-refractivity contribution in [3.05, 3.63) is 17.0 Å². The summed E-state index contributed by atoms with van der Waals surface area (Å²) in [6, 6.07) is -0.520. The van der Waals surface area contributed by atoms with Gasteiger partial charge in [-0.2, -0.15) is 0 Å². The van der Waals surface area contributed by atoms with Crippen LogP contribution in [0.15, 0.2) is 4.52 Å². The summed E-state index contributed by atoms with van der Waals surface area (Å²) < 4.78 is 10.2. The molecule has 0 aromatic carbocycles. The molecular formula is C17H23N3O5. The van der Waals surface area contributed by atoms with E-state index in [4.69, 9.17) is 9.26 Å². The van der Waals surface area contributed by atoms with Crippen molar-refractivity contribution in [2.45, 2.75) is 58.6 Å². The van der Waals surface area contributed by atoms with E-state index in [9.17, 15) is 14.4 Å². The standard InChI is InChI=1S/C17H23N3O5/c1-10-6-4-5-7-17(10)15(22)20(16(23)18-17)8-14(21)24-9-13-11(2)19-25-12(13)3/h10H,4-9H2,1-3H3,(H,18,23)/t10-,17-/m0/s1. The lowest BCUT2D eigenvalue weighted by atomic mass is 9.73. The van der Waals surface area contributed by atoms with E-state index >= 15 is 0 Å². The Hall–Kier alpha value is -2.38. The molecule has 136 valence electrons. The van der Waals surface area contributed by atoms with Crippen LogP contribution in [-0.2, 0) is 20.9 Å². The number of aryl methyl sites for hydroxylation is 2. The number of carbonyl (C=O) groups is 3. The lowest BCUT2D eigenvalue weighted by molar-refractivity contribution is -0.149. The molecule has 8 nitrogen and oxygen atoms in total. The van der Waals surface area contributed by atoms with Gasteiger partial charge in [0.15, 0.2) is 0 Å². The molecule has 1 aromatic heterocycles. The summed E-state index contributed by atoms with van der Waals surface area (Å²) in [5.74, 6) is -0.320. The van der Waals surface area contributed by atoms with Gasteiger partial charge in [0.1, 0.15) is 24.5 Å². The molecule has 0 unspecified atom stereocenters. The van der Waals surface area contributed by atoms with Gasteiger partial charge < -0.3 is 14.6 Å². The Balaban J connectivity index is 1.63. The molecule has 1 saturated carbocycles. The van der Waals surface area contributed by atoms with Crippen LogP contribution in [0.5, 0.6) is 0 Å². The second-order valence-electron chi connectivity index (χ2n) is 6.90. The van der Waals surface area contributed by atoms with E-state index in [1.165, 1.54) is 0 Å². The average Bonchev–Trinajstić information content (AvgIpc) is 3.01. The van der Waals surface area contributed by atoms with Gasteiger partial charge in [-0.05, 0) is 32.6 Å². The van der Waals surface area contributed by atoms with Crippen molar-refractivity contribution in [2.75, 3.05) is 6.54 Å². The van der Waals surface area contributed by atoms with Gasteiger partial charge in [0, 0.05) is 0 Å². The predicted octanol–water partition coefficient (Wildman–Crippen LogP) is 1.84. The maximum absolute atomic E-state index is 12.8. The third-order valence-corrected chi connectivity index (χ3v) is 5.35. The predicted molar refractivity (Wildman–Crippen MR) is 86.4 cm³/mol. The Morgan fingerprint density at radius 1 is 1.40 bits per heavy atom. The zero-order valence-electron chi connectivity index (χ0n) is 14.8. The first-order chi connectivity index (χ1) is 11.8. The minimum atomic E-state index is -0.864. The van der Waals surface area contributed by atoms with Crippen LogP contribution in [0.25, 0.3) is 0 Å². The molecule has 1 N–H and O–H groups in total. The fraction of sp³-hybridized carbons (Fsp3) is 0.647. The summed E-state index contributed by atoms with van der Waals surface area (Å²) in [7, 11) is 0. The van der Waals surface area contributed by atoms with Gasteiger partial charge in [-0.25, -0.2) is 4.79 Å². The van der Waals surface area contributed by atoms with E-state index in [1.54, 1.807) is 13.8 Å². The molecule has 1 aliphatic heterocycles. The number of hydrogen-bond donors (Lipinski definition) is 1. The van der Waals surface area contributed by atoms with Gasteiger partial charge in [0.2, 0.25) is 0 Å². The van der Waals surface area contributed by atoms with Gasteiger partial charge in [-0.3, -0.25) is 14.5 Å². The van der Waals surface area contributed by atoms with Crippen LogP contribution >= 0.6 is 0 Å². The molecule has 1 saturated heterocycles. The normalized spacial score (nSPS) is 26.2.